The lowest BCUT2D eigenvalue weighted by atomic mass is 10.1. The monoisotopic (exact) mass is 299 g/mol. The Bertz CT molecular complexity index is 455. The van der Waals surface area contributed by atoms with Gasteiger partial charge in [0, 0.05) is 11.8 Å². The Hall–Kier alpha value is -0.710. The first-order valence-electron chi connectivity index (χ1n) is 6.45. The molecule has 104 valence electrons. The van der Waals surface area contributed by atoms with Crippen LogP contribution in [0.2, 0.25) is 5.02 Å². The quantitative estimate of drug-likeness (QED) is 0.929. The van der Waals surface area contributed by atoms with E-state index in [0.29, 0.717) is 11.6 Å². The molecule has 0 spiro atoms. The number of halogens is 1. The van der Waals surface area contributed by atoms with E-state index < -0.39 is 0 Å². The molecule has 1 aromatic rings. The highest BCUT2D eigenvalue weighted by atomic mass is 35.5. The van der Waals surface area contributed by atoms with E-state index in [1.54, 1.807) is 22.7 Å². The zero-order valence-electron chi connectivity index (χ0n) is 10.9. The van der Waals surface area contributed by atoms with Gasteiger partial charge in [-0.25, -0.2) is 0 Å². The maximum atomic E-state index is 12.5. The lowest BCUT2D eigenvalue weighted by Gasteiger charge is -2.33. The summed E-state index contributed by atoms with van der Waals surface area (Å²) in [4.78, 5) is 14.3. The van der Waals surface area contributed by atoms with Gasteiger partial charge in [0.1, 0.15) is 0 Å². The van der Waals surface area contributed by atoms with Crippen molar-refractivity contribution in [3.05, 3.63) is 29.3 Å². The van der Waals surface area contributed by atoms with Gasteiger partial charge in [0.05, 0.1) is 22.6 Å². The van der Waals surface area contributed by atoms with E-state index >= 15 is 0 Å². The lowest BCUT2D eigenvalue weighted by molar-refractivity contribution is -0.119. The van der Waals surface area contributed by atoms with Crippen molar-refractivity contribution in [3.8, 4) is 0 Å². The second-order valence-electron chi connectivity index (χ2n) is 4.70. The number of hydrogen-bond acceptors (Lipinski definition) is 3. The third-order valence-corrected chi connectivity index (χ3v) is 4.89. The Morgan fingerprint density at radius 2 is 2.26 bits per heavy atom. The first-order valence-corrected chi connectivity index (χ1v) is 7.77. The summed E-state index contributed by atoms with van der Waals surface area (Å²) < 4.78 is 0. The van der Waals surface area contributed by atoms with Crippen LogP contribution >= 0.6 is 23.4 Å². The van der Waals surface area contributed by atoms with Crippen molar-refractivity contribution in [2.75, 3.05) is 18.1 Å². The zero-order valence-corrected chi connectivity index (χ0v) is 12.5. The smallest absolute Gasteiger partial charge is 0.240 e. The van der Waals surface area contributed by atoms with Gasteiger partial charge in [0.2, 0.25) is 5.91 Å². The number of anilines is 1. The van der Waals surface area contributed by atoms with E-state index in [1.807, 2.05) is 25.1 Å². The minimum absolute atomic E-state index is 0.0767. The number of aliphatic hydroxyl groups excluding tert-OH is 1. The molecule has 1 heterocycles. The number of hydrogen-bond donors (Lipinski definition) is 1. The van der Waals surface area contributed by atoms with Gasteiger partial charge < -0.3 is 10.0 Å². The average Bonchev–Trinajstić information content (AvgIpc) is 2.42. The molecule has 2 rings (SSSR count). The molecule has 1 aliphatic rings. The lowest BCUT2D eigenvalue weighted by Crippen LogP contribution is -2.43. The molecule has 2 atom stereocenters. The average molecular weight is 300 g/mol. The fraction of sp³-hybridized carbons (Fsp3) is 0.500. The first-order chi connectivity index (χ1) is 9.13. The number of para-hydroxylation sites is 1. The number of aliphatic hydroxyl groups is 1. The van der Waals surface area contributed by atoms with E-state index in [2.05, 4.69) is 0 Å². The molecule has 0 radical (unpaired) electrons. The van der Waals surface area contributed by atoms with Crippen LogP contribution in [0, 0.1) is 0 Å². The van der Waals surface area contributed by atoms with Crippen molar-refractivity contribution in [1.29, 1.82) is 0 Å². The molecule has 5 heteroatoms. The van der Waals surface area contributed by atoms with Crippen molar-refractivity contribution >= 4 is 35.0 Å². The summed E-state index contributed by atoms with van der Waals surface area (Å²) in [7, 11) is 0. The van der Waals surface area contributed by atoms with Crippen LogP contribution < -0.4 is 4.90 Å². The summed E-state index contributed by atoms with van der Waals surface area (Å²) in [6, 6.07) is 7.43. The Labute approximate surface area is 122 Å². The van der Waals surface area contributed by atoms with Gasteiger partial charge in [-0.3, -0.25) is 4.79 Å². The molecule has 0 aliphatic carbocycles. The number of nitrogens with zero attached hydrogens (tertiary/aromatic N) is 1. The summed E-state index contributed by atoms with van der Waals surface area (Å²) in [5, 5.41) is 9.73. The molecular formula is C14H18ClNO2S. The second kappa shape index (κ2) is 6.64. The van der Waals surface area contributed by atoms with Crippen molar-refractivity contribution in [2.45, 2.75) is 30.3 Å². The minimum Gasteiger partial charge on any atom is -0.395 e. The zero-order chi connectivity index (χ0) is 13.8. The molecule has 19 heavy (non-hydrogen) atoms. The molecule has 0 bridgehead atoms. The van der Waals surface area contributed by atoms with E-state index in [1.165, 1.54) is 0 Å². The highest BCUT2D eigenvalue weighted by Crippen LogP contribution is 2.33. The van der Waals surface area contributed by atoms with Gasteiger partial charge in [-0.05, 0) is 25.0 Å². The molecule has 1 aliphatic heterocycles. The van der Waals surface area contributed by atoms with Crippen molar-refractivity contribution in [2.24, 2.45) is 0 Å². The molecule has 3 nitrogen and oxygen atoms in total. The van der Waals surface area contributed by atoms with Gasteiger partial charge in [-0.15, -0.1) is 11.8 Å². The summed E-state index contributed by atoms with van der Waals surface area (Å²) in [5.74, 6) is 0.102. The van der Waals surface area contributed by atoms with Crippen LogP contribution in [-0.4, -0.2) is 34.7 Å². The summed E-state index contributed by atoms with van der Waals surface area (Å²) >= 11 is 7.71. The van der Waals surface area contributed by atoms with Crippen LogP contribution in [0.4, 0.5) is 5.69 Å². The largest absolute Gasteiger partial charge is 0.395 e. The van der Waals surface area contributed by atoms with E-state index in [4.69, 9.17) is 16.7 Å². The molecule has 0 saturated carbocycles. The predicted octanol–water partition coefficient (Wildman–Crippen LogP) is 2.95. The topological polar surface area (TPSA) is 40.5 Å². The number of benzene rings is 1. The van der Waals surface area contributed by atoms with Gasteiger partial charge in [0.25, 0.3) is 0 Å². The maximum absolute atomic E-state index is 12.5. The van der Waals surface area contributed by atoms with Gasteiger partial charge in [0.15, 0.2) is 0 Å². The Morgan fingerprint density at radius 3 is 2.95 bits per heavy atom. The number of thioether (sulfide) groups is 1. The van der Waals surface area contributed by atoms with E-state index in [0.717, 1.165) is 18.5 Å². The highest BCUT2D eigenvalue weighted by Gasteiger charge is 2.31. The van der Waals surface area contributed by atoms with Crippen LogP contribution in [0.15, 0.2) is 24.3 Å². The Morgan fingerprint density at radius 1 is 1.53 bits per heavy atom. The summed E-state index contributed by atoms with van der Waals surface area (Å²) in [6.07, 6.45) is 1.83. The van der Waals surface area contributed by atoms with Crippen molar-refractivity contribution in [1.82, 2.24) is 0 Å². The number of carbonyl (C=O) groups excluding carboxylic acids is 1. The van der Waals surface area contributed by atoms with Crippen LogP contribution in [-0.2, 0) is 4.79 Å². The fourth-order valence-corrected chi connectivity index (χ4v) is 3.63. The predicted molar refractivity (Wildman–Crippen MR) is 81.0 cm³/mol. The highest BCUT2D eigenvalue weighted by molar-refractivity contribution is 8.01. The van der Waals surface area contributed by atoms with Gasteiger partial charge >= 0.3 is 0 Å². The van der Waals surface area contributed by atoms with Crippen LogP contribution in [0.5, 0.6) is 0 Å². The summed E-state index contributed by atoms with van der Waals surface area (Å²) in [5.41, 5.74) is 0.788. The third-order valence-electron chi connectivity index (χ3n) is 3.19. The molecule has 1 amide bonds. The number of rotatable bonds is 4. The van der Waals surface area contributed by atoms with Gasteiger partial charge in [-0.1, -0.05) is 30.7 Å². The molecular weight excluding hydrogens is 282 g/mol. The fourth-order valence-electron chi connectivity index (χ4n) is 2.20. The molecule has 1 aromatic carbocycles. The Balaban J connectivity index is 2.14. The number of piperidine rings is 1. The SMILES string of the molecule is CC(CO)SC1CCCN(c2ccccc2Cl)C1=O. The normalized spacial score (nSPS) is 21.5. The Kier molecular flexibility index (Phi) is 5.13. The molecule has 1 saturated heterocycles. The maximum Gasteiger partial charge on any atom is 0.240 e. The van der Waals surface area contributed by atoms with Crippen LogP contribution in [0.3, 0.4) is 0 Å². The second-order valence-corrected chi connectivity index (χ2v) is 6.75. The molecule has 0 aromatic heterocycles. The minimum atomic E-state index is -0.0767. The first kappa shape index (κ1) is 14.7. The van der Waals surface area contributed by atoms with Gasteiger partial charge in [-0.2, -0.15) is 0 Å². The van der Waals surface area contributed by atoms with Crippen molar-refractivity contribution in [3.63, 3.8) is 0 Å². The summed E-state index contributed by atoms with van der Waals surface area (Å²) in [6.45, 7) is 2.75. The van der Waals surface area contributed by atoms with Crippen LogP contribution in [0.1, 0.15) is 19.8 Å². The number of carbonyl (C=O) groups is 1. The number of amides is 1. The van der Waals surface area contributed by atoms with Crippen molar-refractivity contribution < 1.29 is 9.90 Å². The third kappa shape index (κ3) is 3.44. The van der Waals surface area contributed by atoms with E-state index in [9.17, 15) is 4.79 Å². The molecule has 2 unspecified atom stereocenters. The standard InChI is InChI=1S/C14H18ClNO2S/c1-10(9-17)19-13-7-4-8-16(14(13)18)12-6-3-2-5-11(12)15/h2-3,5-6,10,13,17H,4,7-9H2,1H3. The van der Waals surface area contributed by atoms with Crippen LogP contribution in [0.25, 0.3) is 0 Å². The van der Waals surface area contributed by atoms with E-state index in [-0.39, 0.29) is 23.0 Å². The molecule has 1 N–H and O–H groups in total. The molecule has 1 fully saturated rings.